The lowest BCUT2D eigenvalue weighted by Gasteiger charge is -2.23. The second-order valence-electron chi connectivity index (χ2n) is 4.41. The van der Waals surface area contributed by atoms with Crippen LogP contribution in [0, 0.1) is 0 Å². The molecule has 0 bridgehead atoms. The molecule has 1 aliphatic carbocycles. The highest BCUT2D eigenvalue weighted by Crippen LogP contribution is 2.28. The standard InChI is InChI=1S/C11H20N2O2/c1-3-13(8-4-5-8)11(14)10-6-9(15-2)7-12-10/h8-10,12H,3-7H2,1-2H3. The summed E-state index contributed by atoms with van der Waals surface area (Å²) in [4.78, 5) is 14.1. The van der Waals surface area contributed by atoms with Crippen LogP contribution in [0.3, 0.4) is 0 Å². The summed E-state index contributed by atoms with van der Waals surface area (Å²) in [5.41, 5.74) is 0. The first kappa shape index (κ1) is 10.9. The van der Waals surface area contributed by atoms with Gasteiger partial charge in [0.25, 0.3) is 0 Å². The summed E-state index contributed by atoms with van der Waals surface area (Å²) in [6.07, 6.45) is 3.38. The zero-order valence-electron chi connectivity index (χ0n) is 9.53. The molecule has 4 heteroatoms. The maximum atomic E-state index is 12.1. The number of likely N-dealkylation sites (N-methyl/N-ethyl adjacent to an activating group) is 1. The van der Waals surface area contributed by atoms with Gasteiger partial charge in [-0.3, -0.25) is 4.79 Å². The first-order valence-corrected chi connectivity index (χ1v) is 5.83. The van der Waals surface area contributed by atoms with Crippen molar-refractivity contribution in [3.8, 4) is 0 Å². The van der Waals surface area contributed by atoms with E-state index in [4.69, 9.17) is 4.74 Å². The van der Waals surface area contributed by atoms with Gasteiger partial charge in [0.15, 0.2) is 0 Å². The Bertz CT molecular complexity index is 241. The summed E-state index contributed by atoms with van der Waals surface area (Å²) >= 11 is 0. The molecule has 0 radical (unpaired) electrons. The third-order valence-corrected chi connectivity index (χ3v) is 3.33. The highest BCUT2D eigenvalue weighted by molar-refractivity contribution is 5.82. The number of carbonyl (C=O) groups is 1. The summed E-state index contributed by atoms with van der Waals surface area (Å²) in [6.45, 7) is 3.69. The highest BCUT2D eigenvalue weighted by Gasteiger charge is 2.37. The van der Waals surface area contributed by atoms with E-state index < -0.39 is 0 Å². The van der Waals surface area contributed by atoms with Gasteiger partial charge in [-0.2, -0.15) is 0 Å². The van der Waals surface area contributed by atoms with E-state index in [1.807, 2.05) is 4.90 Å². The molecular weight excluding hydrogens is 192 g/mol. The molecule has 0 aromatic heterocycles. The zero-order valence-corrected chi connectivity index (χ0v) is 9.53. The molecule has 2 fully saturated rings. The van der Waals surface area contributed by atoms with Crippen molar-refractivity contribution >= 4 is 5.91 Å². The van der Waals surface area contributed by atoms with E-state index in [9.17, 15) is 4.79 Å². The fourth-order valence-electron chi connectivity index (χ4n) is 2.25. The molecule has 2 rings (SSSR count). The number of methoxy groups -OCH3 is 1. The number of nitrogens with zero attached hydrogens (tertiary/aromatic N) is 1. The fraction of sp³-hybridized carbons (Fsp3) is 0.909. The van der Waals surface area contributed by atoms with Gasteiger partial charge < -0.3 is 15.0 Å². The minimum absolute atomic E-state index is 0.0181. The molecule has 1 saturated heterocycles. The molecule has 4 nitrogen and oxygen atoms in total. The van der Waals surface area contributed by atoms with Crippen LogP contribution in [0.5, 0.6) is 0 Å². The summed E-state index contributed by atoms with van der Waals surface area (Å²) in [5, 5.41) is 3.24. The smallest absolute Gasteiger partial charge is 0.240 e. The van der Waals surface area contributed by atoms with Crippen molar-refractivity contribution in [1.82, 2.24) is 10.2 Å². The minimum Gasteiger partial charge on any atom is -0.380 e. The van der Waals surface area contributed by atoms with Crippen molar-refractivity contribution in [2.45, 2.75) is 44.4 Å². The molecule has 1 heterocycles. The molecule has 86 valence electrons. The Balaban J connectivity index is 1.89. The van der Waals surface area contributed by atoms with Crippen molar-refractivity contribution in [1.29, 1.82) is 0 Å². The maximum absolute atomic E-state index is 12.1. The van der Waals surface area contributed by atoms with E-state index >= 15 is 0 Å². The molecule has 2 atom stereocenters. The average molecular weight is 212 g/mol. The van der Waals surface area contributed by atoms with E-state index in [1.165, 1.54) is 12.8 Å². The Morgan fingerprint density at radius 2 is 2.27 bits per heavy atom. The van der Waals surface area contributed by atoms with Gasteiger partial charge in [0.1, 0.15) is 0 Å². The first-order chi connectivity index (χ1) is 7.26. The van der Waals surface area contributed by atoms with Crippen molar-refractivity contribution in [3.63, 3.8) is 0 Å². The first-order valence-electron chi connectivity index (χ1n) is 5.83. The Morgan fingerprint density at radius 3 is 2.73 bits per heavy atom. The number of rotatable bonds is 4. The summed E-state index contributed by atoms with van der Waals surface area (Å²) in [5.74, 6) is 0.263. The van der Waals surface area contributed by atoms with Crippen LogP contribution in [0.15, 0.2) is 0 Å². The molecular formula is C11H20N2O2. The van der Waals surface area contributed by atoms with Gasteiger partial charge in [-0.25, -0.2) is 0 Å². The summed E-state index contributed by atoms with van der Waals surface area (Å²) < 4.78 is 5.25. The molecule has 1 aliphatic heterocycles. The lowest BCUT2D eigenvalue weighted by atomic mass is 10.1. The molecule has 0 aromatic carbocycles. The monoisotopic (exact) mass is 212 g/mol. The van der Waals surface area contributed by atoms with E-state index in [0.717, 1.165) is 19.5 Å². The van der Waals surface area contributed by atoms with E-state index in [-0.39, 0.29) is 18.1 Å². The topological polar surface area (TPSA) is 41.6 Å². The third-order valence-electron chi connectivity index (χ3n) is 3.33. The van der Waals surface area contributed by atoms with Gasteiger partial charge in [-0.15, -0.1) is 0 Å². The molecule has 0 aromatic rings. The fourth-order valence-corrected chi connectivity index (χ4v) is 2.25. The molecule has 1 saturated carbocycles. The lowest BCUT2D eigenvalue weighted by Crippen LogP contribution is -2.44. The van der Waals surface area contributed by atoms with Gasteiger partial charge in [-0.05, 0) is 26.2 Å². The molecule has 0 spiro atoms. The zero-order chi connectivity index (χ0) is 10.8. The van der Waals surface area contributed by atoms with Crippen LogP contribution in [0.1, 0.15) is 26.2 Å². The van der Waals surface area contributed by atoms with Crippen LogP contribution in [-0.4, -0.2) is 49.2 Å². The third kappa shape index (κ3) is 2.32. The second-order valence-corrected chi connectivity index (χ2v) is 4.41. The normalized spacial score (nSPS) is 30.5. The van der Waals surface area contributed by atoms with Crippen LogP contribution >= 0.6 is 0 Å². The van der Waals surface area contributed by atoms with Crippen molar-refractivity contribution in [2.75, 3.05) is 20.2 Å². The van der Waals surface area contributed by atoms with Gasteiger partial charge in [-0.1, -0.05) is 0 Å². The van der Waals surface area contributed by atoms with Gasteiger partial charge in [0.05, 0.1) is 12.1 Å². The average Bonchev–Trinajstić information content (AvgIpc) is 2.97. The Morgan fingerprint density at radius 1 is 1.53 bits per heavy atom. The van der Waals surface area contributed by atoms with E-state index in [2.05, 4.69) is 12.2 Å². The van der Waals surface area contributed by atoms with Gasteiger partial charge >= 0.3 is 0 Å². The van der Waals surface area contributed by atoms with Gasteiger partial charge in [0, 0.05) is 26.2 Å². The largest absolute Gasteiger partial charge is 0.380 e. The number of nitrogens with one attached hydrogen (secondary N) is 1. The number of hydrogen-bond donors (Lipinski definition) is 1. The number of hydrogen-bond acceptors (Lipinski definition) is 3. The Kier molecular flexibility index (Phi) is 3.26. The van der Waals surface area contributed by atoms with Crippen LogP contribution in [0.25, 0.3) is 0 Å². The lowest BCUT2D eigenvalue weighted by molar-refractivity contribution is -0.133. The van der Waals surface area contributed by atoms with Gasteiger partial charge in [0.2, 0.25) is 5.91 Å². The minimum atomic E-state index is -0.0181. The second kappa shape index (κ2) is 4.49. The number of carbonyl (C=O) groups excluding carboxylic acids is 1. The van der Waals surface area contributed by atoms with Crippen LogP contribution in [0.4, 0.5) is 0 Å². The number of amides is 1. The van der Waals surface area contributed by atoms with E-state index in [1.54, 1.807) is 7.11 Å². The quantitative estimate of drug-likeness (QED) is 0.732. The van der Waals surface area contributed by atoms with Crippen molar-refractivity contribution < 1.29 is 9.53 Å². The predicted molar refractivity (Wildman–Crippen MR) is 57.6 cm³/mol. The summed E-state index contributed by atoms with van der Waals surface area (Å²) in [6, 6.07) is 0.501. The maximum Gasteiger partial charge on any atom is 0.240 e. The SMILES string of the molecule is CCN(C(=O)C1CC(OC)CN1)C1CC1. The Hall–Kier alpha value is -0.610. The highest BCUT2D eigenvalue weighted by atomic mass is 16.5. The summed E-state index contributed by atoms with van der Waals surface area (Å²) in [7, 11) is 1.71. The molecule has 2 unspecified atom stereocenters. The molecule has 1 N–H and O–H groups in total. The van der Waals surface area contributed by atoms with Crippen LogP contribution < -0.4 is 5.32 Å². The van der Waals surface area contributed by atoms with Crippen LogP contribution in [0.2, 0.25) is 0 Å². The van der Waals surface area contributed by atoms with Crippen molar-refractivity contribution in [3.05, 3.63) is 0 Å². The predicted octanol–water partition coefficient (Wildman–Crippen LogP) is 0.374. The molecule has 15 heavy (non-hydrogen) atoms. The molecule has 2 aliphatic rings. The van der Waals surface area contributed by atoms with Crippen molar-refractivity contribution in [2.24, 2.45) is 0 Å². The molecule has 1 amide bonds. The number of ether oxygens (including phenoxy) is 1. The van der Waals surface area contributed by atoms with Crippen LogP contribution in [-0.2, 0) is 9.53 Å². The van der Waals surface area contributed by atoms with E-state index in [0.29, 0.717) is 6.04 Å². The Labute approximate surface area is 91.0 Å².